The number of piperazine rings is 1. The third-order valence-electron chi connectivity index (χ3n) is 6.35. The molecule has 0 spiro atoms. The van der Waals surface area contributed by atoms with Crippen molar-refractivity contribution >= 4 is 17.5 Å². The van der Waals surface area contributed by atoms with E-state index < -0.39 is 29.1 Å². The zero-order valence-corrected chi connectivity index (χ0v) is 21.7. The summed E-state index contributed by atoms with van der Waals surface area (Å²) in [5.74, 6) is -2.32. The molecule has 1 heterocycles. The molecule has 2 aromatic rings. The van der Waals surface area contributed by atoms with Crippen LogP contribution in [0, 0.1) is 11.6 Å². The summed E-state index contributed by atoms with van der Waals surface area (Å²) in [6.45, 7) is 5.49. The maximum absolute atomic E-state index is 14.0. The summed E-state index contributed by atoms with van der Waals surface area (Å²) in [6, 6.07) is 10.7. The second-order valence-corrected chi connectivity index (χ2v) is 9.76. The largest absolute Gasteiger partial charge is 0.374 e. The van der Waals surface area contributed by atoms with Crippen LogP contribution in [0.2, 0.25) is 0 Å². The highest BCUT2D eigenvalue weighted by atomic mass is 19.1. The Kier molecular flexibility index (Phi) is 9.96. The zero-order valence-electron chi connectivity index (χ0n) is 21.7. The van der Waals surface area contributed by atoms with E-state index in [0.29, 0.717) is 26.2 Å². The van der Waals surface area contributed by atoms with Gasteiger partial charge in [-0.3, -0.25) is 9.59 Å². The molecule has 1 aliphatic heterocycles. The minimum Gasteiger partial charge on any atom is -0.374 e. The maximum atomic E-state index is 14.0. The van der Waals surface area contributed by atoms with Crippen molar-refractivity contribution in [1.82, 2.24) is 15.5 Å². The SMILES string of the molecule is CNCCc1ccccc1N1CCN(C(=O)[C@@H](COCc2c(F)cccc2F)NC(=O)C(C)(C)N)CC1. The number of carbonyl (C=O) groups excluding carboxylic acids is 2. The summed E-state index contributed by atoms with van der Waals surface area (Å²) < 4.78 is 33.5. The van der Waals surface area contributed by atoms with E-state index >= 15 is 0 Å². The molecular formula is C27H37F2N5O3. The highest BCUT2D eigenvalue weighted by Gasteiger charge is 2.32. The average molecular weight is 518 g/mol. The van der Waals surface area contributed by atoms with Gasteiger partial charge in [0.15, 0.2) is 0 Å². The average Bonchev–Trinajstić information content (AvgIpc) is 2.87. The van der Waals surface area contributed by atoms with Gasteiger partial charge in [-0.1, -0.05) is 24.3 Å². The molecule has 1 fully saturated rings. The summed E-state index contributed by atoms with van der Waals surface area (Å²) in [7, 11) is 1.92. The monoisotopic (exact) mass is 517 g/mol. The maximum Gasteiger partial charge on any atom is 0.247 e. The molecule has 10 heteroatoms. The number of nitrogens with one attached hydrogen (secondary N) is 2. The Hall–Kier alpha value is -3.08. The van der Waals surface area contributed by atoms with Crippen molar-refractivity contribution < 1.29 is 23.1 Å². The lowest BCUT2D eigenvalue weighted by atomic mass is 10.1. The van der Waals surface area contributed by atoms with E-state index in [2.05, 4.69) is 27.7 Å². The molecule has 1 saturated heterocycles. The molecule has 0 aromatic heterocycles. The minimum atomic E-state index is -1.22. The molecule has 0 unspecified atom stereocenters. The first-order valence-corrected chi connectivity index (χ1v) is 12.5. The Morgan fingerprint density at radius 1 is 1.05 bits per heavy atom. The predicted molar refractivity (Wildman–Crippen MR) is 139 cm³/mol. The van der Waals surface area contributed by atoms with E-state index in [4.69, 9.17) is 10.5 Å². The number of benzene rings is 2. The van der Waals surface area contributed by atoms with Crippen LogP contribution >= 0.6 is 0 Å². The van der Waals surface area contributed by atoms with Crippen molar-refractivity contribution in [3.8, 4) is 0 Å². The second kappa shape index (κ2) is 12.9. The quantitative estimate of drug-likeness (QED) is 0.421. The molecule has 8 nitrogen and oxygen atoms in total. The summed E-state index contributed by atoms with van der Waals surface area (Å²) in [4.78, 5) is 29.9. The lowest BCUT2D eigenvalue weighted by Gasteiger charge is -2.38. The van der Waals surface area contributed by atoms with Gasteiger partial charge >= 0.3 is 0 Å². The molecule has 3 rings (SSSR count). The normalized spacial score (nSPS) is 15.0. The zero-order chi connectivity index (χ0) is 27.0. The molecule has 202 valence electrons. The van der Waals surface area contributed by atoms with Crippen LogP contribution in [-0.2, 0) is 27.4 Å². The fraction of sp³-hybridized carbons (Fsp3) is 0.481. The van der Waals surface area contributed by atoms with Gasteiger partial charge in [0, 0.05) is 37.4 Å². The Morgan fingerprint density at radius 3 is 2.32 bits per heavy atom. The van der Waals surface area contributed by atoms with Crippen molar-refractivity contribution in [1.29, 1.82) is 0 Å². The second-order valence-electron chi connectivity index (χ2n) is 9.76. The van der Waals surface area contributed by atoms with Crippen LogP contribution < -0.4 is 21.3 Å². The van der Waals surface area contributed by atoms with Crippen molar-refractivity contribution in [2.24, 2.45) is 5.73 Å². The summed E-state index contributed by atoms with van der Waals surface area (Å²) >= 11 is 0. The summed E-state index contributed by atoms with van der Waals surface area (Å²) in [6.07, 6.45) is 0.898. The molecule has 2 amide bonds. The number of hydrogen-bond acceptors (Lipinski definition) is 6. The highest BCUT2D eigenvalue weighted by molar-refractivity contribution is 5.91. The van der Waals surface area contributed by atoms with Gasteiger partial charge in [-0.25, -0.2) is 8.78 Å². The first-order valence-electron chi connectivity index (χ1n) is 12.5. The molecule has 37 heavy (non-hydrogen) atoms. The number of nitrogens with zero attached hydrogens (tertiary/aromatic N) is 2. The lowest BCUT2D eigenvalue weighted by molar-refractivity contribution is -0.139. The summed E-state index contributed by atoms with van der Waals surface area (Å²) in [5, 5.41) is 5.83. The fourth-order valence-electron chi connectivity index (χ4n) is 4.15. The van der Waals surface area contributed by atoms with E-state index in [9.17, 15) is 18.4 Å². The Morgan fingerprint density at radius 2 is 1.70 bits per heavy atom. The van der Waals surface area contributed by atoms with Crippen LogP contribution in [0.5, 0.6) is 0 Å². The fourth-order valence-corrected chi connectivity index (χ4v) is 4.15. The lowest BCUT2D eigenvalue weighted by Crippen LogP contribution is -2.60. The molecule has 0 saturated carbocycles. The highest BCUT2D eigenvalue weighted by Crippen LogP contribution is 2.22. The van der Waals surface area contributed by atoms with Gasteiger partial charge in [0.05, 0.1) is 18.8 Å². The van der Waals surface area contributed by atoms with Crippen LogP contribution in [0.1, 0.15) is 25.0 Å². The van der Waals surface area contributed by atoms with Gasteiger partial charge in [-0.15, -0.1) is 0 Å². The number of amides is 2. The summed E-state index contributed by atoms with van der Waals surface area (Å²) in [5.41, 5.74) is 6.85. The number of halogens is 2. The Bertz CT molecular complexity index is 1050. The first-order chi connectivity index (χ1) is 17.6. The number of likely N-dealkylation sites (N-methyl/N-ethyl adjacent to an activating group) is 1. The standard InChI is InChI=1S/C27H37F2N5O3/c1-27(2,30)26(36)32-23(18-37-17-20-21(28)8-6-9-22(20)29)25(35)34-15-13-33(14-16-34)24-10-5-4-7-19(24)11-12-31-3/h4-10,23,31H,11-18,30H2,1-3H3,(H,32,36)/t23-/m1/s1. The van der Waals surface area contributed by atoms with E-state index in [1.54, 1.807) is 4.90 Å². The first kappa shape index (κ1) is 28.5. The third-order valence-corrected chi connectivity index (χ3v) is 6.35. The van der Waals surface area contributed by atoms with Gasteiger partial charge in [-0.05, 0) is 57.6 Å². The van der Waals surface area contributed by atoms with Crippen LogP contribution in [0.4, 0.5) is 14.5 Å². The minimum absolute atomic E-state index is 0.232. The smallest absolute Gasteiger partial charge is 0.247 e. The number of hydrogen-bond donors (Lipinski definition) is 3. The number of ether oxygens (including phenoxy) is 1. The number of nitrogens with two attached hydrogens (primary N) is 1. The van der Waals surface area contributed by atoms with Gasteiger partial charge in [0.25, 0.3) is 0 Å². The van der Waals surface area contributed by atoms with Gasteiger partial charge in [-0.2, -0.15) is 0 Å². The van der Waals surface area contributed by atoms with Gasteiger partial charge in [0.1, 0.15) is 17.7 Å². The van der Waals surface area contributed by atoms with Gasteiger partial charge < -0.3 is 30.9 Å². The number of rotatable bonds is 11. The molecule has 0 bridgehead atoms. The van der Waals surface area contributed by atoms with Crippen LogP contribution in [0.25, 0.3) is 0 Å². The topological polar surface area (TPSA) is 99.9 Å². The van der Waals surface area contributed by atoms with Crippen molar-refractivity contribution in [2.75, 3.05) is 51.3 Å². The Balaban J connectivity index is 1.66. The molecule has 0 radical (unpaired) electrons. The third kappa shape index (κ3) is 7.70. The van der Waals surface area contributed by atoms with Gasteiger partial charge in [0.2, 0.25) is 11.8 Å². The molecule has 0 aliphatic carbocycles. The van der Waals surface area contributed by atoms with E-state index in [-0.39, 0.29) is 24.7 Å². The van der Waals surface area contributed by atoms with E-state index in [1.165, 1.54) is 25.5 Å². The van der Waals surface area contributed by atoms with E-state index in [0.717, 1.165) is 30.8 Å². The predicted octanol–water partition coefficient (Wildman–Crippen LogP) is 1.81. The number of carbonyl (C=O) groups is 2. The number of anilines is 1. The van der Waals surface area contributed by atoms with Crippen LogP contribution in [0.3, 0.4) is 0 Å². The molecule has 1 atom stereocenters. The van der Waals surface area contributed by atoms with Crippen molar-refractivity contribution in [3.05, 3.63) is 65.2 Å². The Labute approximate surface area is 217 Å². The number of para-hydroxylation sites is 1. The molecular weight excluding hydrogens is 480 g/mol. The van der Waals surface area contributed by atoms with Crippen molar-refractivity contribution in [2.45, 2.75) is 38.5 Å². The molecule has 4 N–H and O–H groups in total. The van der Waals surface area contributed by atoms with E-state index in [1.807, 2.05) is 19.2 Å². The van der Waals surface area contributed by atoms with Crippen LogP contribution in [-0.4, -0.2) is 74.7 Å². The molecule has 1 aliphatic rings. The molecule has 2 aromatic carbocycles. The van der Waals surface area contributed by atoms with Crippen molar-refractivity contribution in [3.63, 3.8) is 0 Å². The van der Waals surface area contributed by atoms with Crippen LogP contribution in [0.15, 0.2) is 42.5 Å².